The Morgan fingerprint density at radius 3 is 2.82 bits per heavy atom. The maximum absolute atomic E-state index is 6.24. The summed E-state index contributed by atoms with van der Waals surface area (Å²) in [6.07, 6.45) is 11.3. The summed E-state index contributed by atoms with van der Waals surface area (Å²) in [6.45, 7) is 0. The van der Waals surface area contributed by atoms with E-state index >= 15 is 0 Å². The normalized spacial score (nSPS) is 43.5. The largest absolute Gasteiger partial charge is 0.122 e. The van der Waals surface area contributed by atoms with Crippen LogP contribution in [0, 0.1) is 11.8 Å². The van der Waals surface area contributed by atoms with Crippen LogP contribution in [0.5, 0.6) is 0 Å². The lowest BCUT2D eigenvalue weighted by Gasteiger charge is -2.35. The van der Waals surface area contributed by atoms with E-state index in [0.717, 1.165) is 18.3 Å². The van der Waals surface area contributed by atoms with Crippen molar-refractivity contribution in [2.75, 3.05) is 0 Å². The van der Waals surface area contributed by atoms with Crippen molar-refractivity contribution in [1.29, 1.82) is 0 Å². The second kappa shape index (κ2) is 3.18. The molecule has 1 heteroatoms. The van der Waals surface area contributed by atoms with E-state index in [1.807, 2.05) is 0 Å². The highest BCUT2D eigenvalue weighted by Crippen LogP contribution is 2.39. The predicted molar refractivity (Wildman–Crippen MR) is 48.8 cm³/mol. The van der Waals surface area contributed by atoms with Gasteiger partial charge in [0.05, 0.1) is 0 Å². The van der Waals surface area contributed by atoms with Crippen molar-refractivity contribution in [1.82, 2.24) is 0 Å². The first kappa shape index (κ1) is 7.67. The first-order valence-corrected chi connectivity index (χ1v) is 5.12. The molecule has 1 saturated carbocycles. The number of hydrogen-bond donors (Lipinski definition) is 0. The third kappa shape index (κ3) is 1.46. The Morgan fingerprint density at radius 1 is 1.18 bits per heavy atom. The molecule has 11 heavy (non-hydrogen) atoms. The first-order valence-electron chi connectivity index (χ1n) is 4.68. The van der Waals surface area contributed by atoms with Crippen LogP contribution in [0.25, 0.3) is 0 Å². The van der Waals surface area contributed by atoms with Gasteiger partial charge in [-0.1, -0.05) is 25.0 Å². The third-order valence-electron chi connectivity index (χ3n) is 3.08. The lowest BCUT2D eigenvalue weighted by molar-refractivity contribution is 0.264. The second-order valence-corrected chi connectivity index (χ2v) is 4.35. The number of halogens is 1. The predicted octanol–water partition coefficient (Wildman–Crippen LogP) is 3.36. The Kier molecular flexibility index (Phi) is 2.22. The van der Waals surface area contributed by atoms with Crippen LogP contribution in [-0.2, 0) is 0 Å². The molecule has 0 nitrogen and oxygen atoms in total. The SMILES string of the molecule is ClC1CC=CC2CCCCC12. The maximum Gasteiger partial charge on any atom is 0.0404 e. The summed E-state index contributed by atoms with van der Waals surface area (Å²) in [5.41, 5.74) is 0. The molecular weight excluding hydrogens is 156 g/mol. The van der Waals surface area contributed by atoms with Gasteiger partial charge in [-0.3, -0.25) is 0 Å². The van der Waals surface area contributed by atoms with Crippen LogP contribution in [0.2, 0.25) is 0 Å². The maximum atomic E-state index is 6.24. The van der Waals surface area contributed by atoms with E-state index in [4.69, 9.17) is 11.6 Å². The minimum Gasteiger partial charge on any atom is -0.122 e. The van der Waals surface area contributed by atoms with Crippen molar-refractivity contribution in [3.05, 3.63) is 12.2 Å². The number of rotatable bonds is 0. The molecule has 0 bridgehead atoms. The summed E-state index contributed by atoms with van der Waals surface area (Å²) in [5, 5.41) is 0.435. The fourth-order valence-corrected chi connectivity index (χ4v) is 2.85. The highest BCUT2D eigenvalue weighted by Gasteiger charge is 2.30. The van der Waals surface area contributed by atoms with E-state index in [1.165, 1.54) is 25.7 Å². The van der Waals surface area contributed by atoms with Gasteiger partial charge in [0, 0.05) is 5.38 Å². The van der Waals surface area contributed by atoms with Crippen molar-refractivity contribution in [3.8, 4) is 0 Å². The molecule has 0 amide bonds. The van der Waals surface area contributed by atoms with Gasteiger partial charge in [-0.25, -0.2) is 0 Å². The molecule has 2 rings (SSSR count). The lowest BCUT2D eigenvalue weighted by atomic mass is 9.74. The highest BCUT2D eigenvalue weighted by molar-refractivity contribution is 6.21. The molecule has 0 aromatic rings. The molecule has 62 valence electrons. The Labute approximate surface area is 73.6 Å². The minimum absolute atomic E-state index is 0.435. The molecular formula is C10H15Cl. The van der Waals surface area contributed by atoms with E-state index in [1.54, 1.807) is 0 Å². The van der Waals surface area contributed by atoms with E-state index in [2.05, 4.69) is 12.2 Å². The van der Waals surface area contributed by atoms with Crippen molar-refractivity contribution >= 4 is 11.6 Å². The zero-order chi connectivity index (χ0) is 7.68. The quantitative estimate of drug-likeness (QED) is 0.386. The fraction of sp³-hybridized carbons (Fsp3) is 0.800. The number of alkyl halides is 1. The Morgan fingerprint density at radius 2 is 2.00 bits per heavy atom. The van der Waals surface area contributed by atoms with Crippen molar-refractivity contribution in [2.24, 2.45) is 11.8 Å². The van der Waals surface area contributed by atoms with E-state index < -0.39 is 0 Å². The van der Waals surface area contributed by atoms with Gasteiger partial charge in [-0.15, -0.1) is 11.6 Å². The van der Waals surface area contributed by atoms with Crippen molar-refractivity contribution < 1.29 is 0 Å². The molecule has 0 aliphatic heterocycles. The molecule has 0 aromatic heterocycles. The van der Waals surface area contributed by atoms with Gasteiger partial charge in [-0.2, -0.15) is 0 Å². The summed E-state index contributed by atoms with van der Waals surface area (Å²) in [5.74, 6) is 1.62. The number of hydrogen-bond acceptors (Lipinski definition) is 0. The number of fused-ring (bicyclic) bond motifs is 1. The van der Waals surface area contributed by atoms with Gasteiger partial charge in [-0.05, 0) is 31.1 Å². The average molecular weight is 171 g/mol. The van der Waals surface area contributed by atoms with Crippen LogP contribution in [-0.4, -0.2) is 5.38 Å². The van der Waals surface area contributed by atoms with Crippen LogP contribution in [0.1, 0.15) is 32.1 Å². The molecule has 3 unspecified atom stereocenters. The van der Waals surface area contributed by atoms with Crippen molar-refractivity contribution in [3.63, 3.8) is 0 Å². The van der Waals surface area contributed by atoms with Gasteiger partial charge < -0.3 is 0 Å². The van der Waals surface area contributed by atoms with E-state index in [9.17, 15) is 0 Å². The van der Waals surface area contributed by atoms with Gasteiger partial charge in [0.25, 0.3) is 0 Å². The minimum atomic E-state index is 0.435. The van der Waals surface area contributed by atoms with Crippen LogP contribution < -0.4 is 0 Å². The third-order valence-corrected chi connectivity index (χ3v) is 3.59. The lowest BCUT2D eigenvalue weighted by Crippen LogP contribution is -2.28. The second-order valence-electron chi connectivity index (χ2n) is 3.79. The van der Waals surface area contributed by atoms with Crippen LogP contribution in [0.4, 0.5) is 0 Å². The standard InChI is InChI=1S/C10H15Cl/c11-10-7-3-5-8-4-1-2-6-9(8)10/h3,5,8-10H,1-2,4,6-7H2. The molecule has 0 heterocycles. The summed E-state index contributed by atoms with van der Waals surface area (Å²) in [6, 6.07) is 0. The zero-order valence-corrected chi connectivity index (χ0v) is 7.56. The van der Waals surface area contributed by atoms with Gasteiger partial charge in [0.1, 0.15) is 0 Å². The first-order chi connectivity index (χ1) is 5.38. The average Bonchev–Trinajstić information content (AvgIpc) is 2.06. The van der Waals surface area contributed by atoms with Crippen molar-refractivity contribution in [2.45, 2.75) is 37.5 Å². The van der Waals surface area contributed by atoms with Crippen LogP contribution >= 0.6 is 11.6 Å². The molecule has 0 saturated heterocycles. The summed E-state index contributed by atoms with van der Waals surface area (Å²) >= 11 is 6.24. The van der Waals surface area contributed by atoms with Gasteiger partial charge in [0.15, 0.2) is 0 Å². The number of allylic oxidation sites excluding steroid dienone is 2. The Hall–Kier alpha value is 0.0300. The van der Waals surface area contributed by atoms with E-state index in [0.29, 0.717) is 5.38 Å². The monoisotopic (exact) mass is 170 g/mol. The molecule has 2 aliphatic rings. The van der Waals surface area contributed by atoms with Gasteiger partial charge >= 0.3 is 0 Å². The Bertz CT molecular complexity index is 162. The molecule has 0 radical (unpaired) electrons. The highest BCUT2D eigenvalue weighted by atomic mass is 35.5. The van der Waals surface area contributed by atoms with Gasteiger partial charge in [0.2, 0.25) is 0 Å². The zero-order valence-electron chi connectivity index (χ0n) is 6.80. The fourth-order valence-electron chi connectivity index (χ4n) is 2.43. The van der Waals surface area contributed by atoms with E-state index in [-0.39, 0.29) is 0 Å². The summed E-state index contributed by atoms with van der Waals surface area (Å²) < 4.78 is 0. The molecule has 1 fully saturated rings. The molecule has 0 N–H and O–H groups in total. The smallest absolute Gasteiger partial charge is 0.0404 e. The molecule has 0 aromatic carbocycles. The summed E-state index contributed by atoms with van der Waals surface area (Å²) in [4.78, 5) is 0. The van der Waals surface area contributed by atoms with Crippen LogP contribution in [0.3, 0.4) is 0 Å². The Balaban J connectivity index is 2.09. The summed E-state index contributed by atoms with van der Waals surface area (Å²) in [7, 11) is 0. The van der Waals surface area contributed by atoms with Crippen LogP contribution in [0.15, 0.2) is 12.2 Å². The molecule has 2 aliphatic carbocycles. The molecule has 3 atom stereocenters. The molecule has 0 spiro atoms. The topological polar surface area (TPSA) is 0 Å².